The Morgan fingerprint density at radius 1 is 1.12 bits per heavy atom. The van der Waals surface area contributed by atoms with Crippen LogP contribution in [0.2, 0.25) is 0 Å². The zero-order valence-electron chi connectivity index (χ0n) is 9.41. The minimum atomic E-state index is -0.382. The second kappa shape index (κ2) is 4.74. The first-order valence-corrected chi connectivity index (χ1v) is 5.16. The minimum absolute atomic E-state index is 0.365. The van der Waals surface area contributed by atoms with Crippen LogP contribution in [0.4, 0.5) is 21.5 Å². The molecule has 0 amide bonds. The van der Waals surface area contributed by atoms with E-state index < -0.39 is 0 Å². The predicted molar refractivity (Wildman–Crippen MR) is 67.1 cm³/mol. The summed E-state index contributed by atoms with van der Waals surface area (Å²) >= 11 is 0. The summed E-state index contributed by atoms with van der Waals surface area (Å²) in [7, 11) is 1.50. The molecule has 0 fully saturated rings. The van der Waals surface area contributed by atoms with Crippen molar-refractivity contribution in [3.63, 3.8) is 0 Å². The summed E-state index contributed by atoms with van der Waals surface area (Å²) in [5.74, 6) is 0.0988. The highest BCUT2D eigenvalue weighted by Gasteiger charge is 2.05. The second-order valence-electron chi connectivity index (χ2n) is 3.56. The zero-order valence-corrected chi connectivity index (χ0v) is 9.41. The molecule has 4 heteroatoms. The predicted octanol–water partition coefficient (Wildman–Crippen LogP) is 3.16. The Hall–Kier alpha value is -2.23. The van der Waals surface area contributed by atoms with E-state index in [1.165, 1.54) is 13.2 Å². The molecule has 0 aliphatic rings. The van der Waals surface area contributed by atoms with Gasteiger partial charge < -0.3 is 15.8 Å². The summed E-state index contributed by atoms with van der Waals surface area (Å²) in [5, 5.41) is 2.94. The molecule has 0 unspecified atom stereocenters. The largest absolute Gasteiger partial charge is 0.497 e. The van der Waals surface area contributed by atoms with Crippen molar-refractivity contribution >= 4 is 17.1 Å². The number of para-hydroxylation sites is 2. The summed E-state index contributed by atoms with van der Waals surface area (Å²) in [6.45, 7) is 0. The highest BCUT2D eigenvalue weighted by Crippen LogP contribution is 2.26. The third-order valence-electron chi connectivity index (χ3n) is 2.41. The van der Waals surface area contributed by atoms with Crippen LogP contribution in [0.15, 0.2) is 42.5 Å². The molecule has 17 heavy (non-hydrogen) atoms. The topological polar surface area (TPSA) is 47.3 Å². The van der Waals surface area contributed by atoms with Crippen LogP contribution in [0.25, 0.3) is 0 Å². The molecule has 3 N–H and O–H groups in total. The zero-order chi connectivity index (χ0) is 12.3. The van der Waals surface area contributed by atoms with Gasteiger partial charge in [-0.25, -0.2) is 4.39 Å². The molecule has 2 aromatic carbocycles. The van der Waals surface area contributed by atoms with Gasteiger partial charge in [0.05, 0.1) is 24.2 Å². The molecule has 2 rings (SSSR count). The van der Waals surface area contributed by atoms with Gasteiger partial charge in [-0.3, -0.25) is 0 Å². The van der Waals surface area contributed by atoms with Gasteiger partial charge in [-0.2, -0.15) is 0 Å². The van der Waals surface area contributed by atoms with Gasteiger partial charge in [-0.1, -0.05) is 12.1 Å². The second-order valence-corrected chi connectivity index (χ2v) is 3.56. The summed E-state index contributed by atoms with van der Waals surface area (Å²) in [6, 6.07) is 11.8. The van der Waals surface area contributed by atoms with Crippen LogP contribution in [0.1, 0.15) is 0 Å². The van der Waals surface area contributed by atoms with Gasteiger partial charge in [0, 0.05) is 6.07 Å². The SMILES string of the molecule is COc1ccc(Nc2ccccc2N)c(F)c1. The van der Waals surface area contributed by atoms with E-state index in [1.54, 1.807) is 24.3 Å². The number of nitrogens with one attached hydrogen (secondary N) is 1. The number of halogens is 1. The van der Waals surface area contributed by atoms with E-state index in [1.807, 2.05) is 12.1 Å². The van der Waals surface area contributed by atoms with Crippen molar-refractivity contribution in [2.75, 3.05) is 18.2 Å². The fraction of sp³-hybridized carbons (Fsp3) is 0.0769. The number of hydrogen-bond donors (Lipinski definition) is 2. The fourth-order valence-corrected chi connectivity index (χ4v) is 1.48. The van der Waals surface area contributed by atoms with Gasteiger partial charge in [0.15, 0.2) is 0 Å². The first kappa shape index (κ1) is 11.3. The number of nitrogen functional groups attached to an aromatic ring is 1. The molecule has 0 aliphatic heterocycles. The maximum atomic E-state index is 13.7. The Morgan fingerprint density at radius 3 is 2.53 bits per heavy atom. The average molecular weight is 232 g/mol. The first-order valence-electron chi connectivity index (χ1n) is 5.16. The molecule has 3 nitrogen and oxygen atoms in total. The van der Waals surface area contributed by atoms with Gasteiger partial charge in [0.1, 0.15) is 11.6 Å². The van der Waals surface area contributed by atoms with Crippen LogP contribution in [-0.4, -0.2) is 7.11 Å². The van der Waals surface area contributed by atoms with Crippen molar-refractivity contribution in [3.8, 4) is 5.75 Å². The highest BCUT2D eigenvalue weighted by molar-refractivity contribution is 5.72. The quantitative estimate of drug-likeness (QED) is 0.799. The molecular weight excluding hydrogens is 219 g/mol. The molecule has 0 radical (unpaired) electrons. The van der Waals surface area contributed by atoms with Crippen molar-refractivity contribution in [3.05, 3.63) is 48.3 Å². The Balaban J connectivity index is 2.28. The highest BCUT2D eigenvalue weighted by atomic mass is 19.1. The third kappa shape index (κ3) is 2.47. The standard InChI is InChI=1S/C13H13FN2O/c1-17-9-6-7-12(10(14)8-9)16-13-5-3-2-4-11(13)15/h2-8,16H,15H2,1H3. The van der Waals surface area contributed by atoms with Gasteiger partial charge in [0.2, 0.25) is 0 Å². The van der Waals surface area contributed by atoms with Gasteiger partial charge in [-0.15, -0.1) is 0 Å². The molecule has 0 saturated carbocycles. The molecule has 0 aliphatic carbocycles. The van der Waals surface area contributed by atoms with Crippen molar-refractivity contribution in [2.24, 2.45) is 0 Å². The van der Waals surface area contributed by atoms with E-state index in [0.717, 1.165) is 0 Å². The number of benzene rings is 2. The number of ether oxygens (including phenoxy) is 1. The lowest BCUT2D eigenvalue weighted by molar-refractivity contribution is 0.411. The lowest BCUT2D eigenvalue weighted by atomic mass is 10.2. The van der Waals surface area contributed by atoms with Gasteiger partial charge in [0.25, 0.3) is 0 Å². The van der Waals surface area contributed by atoms with E-state index in [9.17, 15) is 4.39 Å². The Kier molecular flexibility index (Phi) is 3.14. The van der Waals surface area contributed by atoms with Crippen molar-refractivity contribution in [2.45, 2.75) is 0 Å². The van der Waals surface area contributed by atoms with E-state index >= 15 is 0 Å². The van der Waals surface area contributed by atoms with Crippen LogP contribution in [-0.2, 0) is 0 Å². The fourth-order valence-electron chi connectivity index (χ4n) is 1.48. The van der Waals surface area contributed by atoms with Crippen LogP contribution < -0.4 is 15.8 Å². The Bertz CT molecular complexity index is 529. The third-order valence-corrected chi connectivity index (χ3v) is 2.41. The molecular formula is C13H13FN2O. The molecule has 0 saturated heterocycles. The molecule has 0 spiro atoms. The van der Waals surface area contributed by atoms with Crippen molar-refractivity contribution in [1.82, 2.24) is 0 Å². The summed E-state index contributed by atoms with van der Waals surface area (Å²) in [5.41, 5.74) is 7.38. The van der Waals surface area contributed by atoms with Gasteiger partial charge >= 0.3 is 0 Å². The molecule has 0 atom stereocenters. The van der Waals surface area contributed by atoms with E-state index in [4.69, 9.17) is 10.5 Å². The molecule has 0 aromatic heterocycles. The number of hydrogen-bond acceptors (Lipinski definition) is 3. The lowest BCUT2D eigenvalue weighted by Gasteiger charge is -2.10. The molecule has 0 heterocycles. The van der Waals surface area contributed by atoms with Crippen LogP contribution in [0, 0.1) is 5.82 Å². The number of methoxy groups -OCH3 is 1. The summed E-state index contributed by atoms with van der Waals surface area (Å²) in [6.07, 6.45) is 0. The van der Waals surface area contributed by atoms with Crippen molar-refractivity contribution < 1.29 is 9.13 Å². The van der Waals surface area contributed by atoms with Gasteiger partial charge in [-0.05, 0) is 24.3 Å². The van der Waals surface area contributed by atoms with Crippen LogP contribution in [0.3, 0.4) is 0 Å². The lowest BCUT2D eigenvalue weighted by Crippen LogP contribution is -1.98. The Labute approximate surface area is 99.0 Å². The number of nitrogens with two attached hydrogens (primary N) is 1. The summed E-state index contributed by atoms with van der Waals surface area (Å²) in [4.78, 5) is 0. The van der Waals surface area contributed by atoms with E-state index in [2.05, 4.69) is 5.32 Å². The van der Waals surface area contributed by atoms with Crippen LogP contribution >= 0.6 is 0 Å². The maximum Gasteiger partial charge on any atom is 0.150 e. The maximum absolute atomic E-state index is 13.7. The van der Waals surface area contributed by atoms with Crippen LogP contribution in [0.5, 0.6) is 5.75 Å². The van der Waals surface area contributed by atoms with E-state index in [0.29, 0.717) is 22.8 Å². The average Bonchev–Trinajstić information content (AvgIpc) is 2.34. The molecule has 0 bridgehead atoms. The number of anilines is 3. The normalized spacial score (nSPS) is 10.0. The van der Waals surface area contributed by atoms with Crippen molar-refractivity contribution in [1.29, 1.82) is 0 Å². The molecule has 2 aromatic rings. The smallest absolute Gasteiger partial charge is 0.150 e. The van der Waals surface area contributed by atoms with E-state index in [-0.39, 0.29) is 5.82 Å². The summed E-state index contributed by atoms with van der Waals surface area (Å²) < 4.78 is 18.6. The molecule has 88 valence electrons. The first-order chi connectivity index (χ1) is 8.20. The monoisotopic (exact) mass is 232 g/mol. The Morgan fingerprint density at radius 2 is 1.88 bits per heavy atom. The number of rotatable bonds is 3. The minimum Gasteiger partial charge on any atom is -0.497 e.